The molecule has 0 aromatic heterocycles. The van der Waals surface area contributed by atoms with Crippen LogP contribution in [0.4, 0.5) is 5.69 Å². The number of hydrogen-bond donors (Lipinski definition) is 2. The minimum Gasteiger partial charge on any atom is -0.495 e. The van der Waals surface area contributed by atoms with E-state index in [1.54, 1.807) is 19.3 Å². The Morgan fingerprint density at radius 1 is 1.38 bits per heavy atom. The first-order valence-electron chi connectivity index (χ1n) is 6.89. The first-order chi connectivity index (χ1) is 10.0. The molecule has 1 aromatic rings. The van der Waals surface area contributed by atoms with Gasteiger partial charge in [-0.25, -0.2) is 0 Å². The van der Waals surface area contributed by atoms with Crippen LogP contribution in [-0.2, 0) is 9.59 Å². The van der Waals surface area contributed by atoms with Crippen molar-refractivity contribution in [2.75, 3.05) is 19.0 Å². The van der Waals surface area contributed by atoms with E-state index in [2.05, 4.69) is 17.2 Å². The first kappa shape index (κ1) is 15.1. The molecule has 5 nitrogen and oxygen atoms in total. The molecule has 1 aliphatic carbocycles. The fourth-order valence-electron chi connectivity index (χ4n) is 2.18. The summed E-state index contributed by atoms with van der Waals surface area (Å²) in [5, 5.41) is 5.50. The lowest BCUT2D eigenvalue weighted by atomic mass is 10.0. The van der Waals surface area contributed by atoms with Crippen LogP contribution in [0.15, 0.2) is 30.9 Å². The molecule has 5 heteroatoms. The van der Waals surface area contributed by atoms with Gasteiger partial charge < -0.3 is 15.4 Å². The maximum Gasteiger partial charge on any atom is 0.240 e. The third-order valence-electron chi connectivity index (χ3n) is 3.63. The SMILES string of the molecule is C=CCNC(=O)C1(C(=O)Nc2cc(C)ccc2OC)CC1. The van der Waals surface area contributed by atoms with Gasteiger partial charge in [-0.1, -0.05) is 12.1 Å². The summed E-state index contributed by atoms with van der Waals surface area (Å²) in [5.41, 5.74) is 0.648. The van der Waals surface area contributed by atoms with Crippen molar-refractivity contribution in [3.63, 3.8) is 0 Å². The highest BCUT2D eigenvalue weighted by Crippen LogP contribution is 2.47. The molecule has 2 rings (SSSR count). The van der Waals surface area contributed by atoms with Crippen molar-refractivity contribution in [1.29, 1.82) is 0 Å². The zero-order valence-corrected chi connectivity index (χ0v) is 12.4. The lowest BCUT2D eigenvalue weighted by Gasteiger charge is -2.16. The molecule has 0 atom stereocenters. The van der Waals surface area contributed by atoms with Gasteiger partial charge in [0.1, 0.15) is 11.2 Å². The predicted molar refractivity (Wildman–Crippen MR) is 81.2 cm³/mol. The quantitative estimate of drug-likeness (QED) is 0.621. The van der Waals surface area contributed by atoms with E-state index in [0.717, 1.165) is 5.56 Å². The highest BCUT2D eigenvalue weighted by atomic mass is 16.5. The Morgan fingerprint density at radius 2 is 2.10 bits per heavy atom. The summed E-state index contributed by atoms with van der Waals surface area (Å²) in [7, 11) is 1.55. The Balaban J connectivity index is 2.13. The minimum absolute atomic E-state index is 0.244. The van der Waals surface area contributed by atoms with Crippen molar-refractivity contribution in [2.24, 2.45) is 5.41 Å². The molecule has 0 heterocycles. The smallest absolute Gasteiger partial charge is 0.240 e. The second kappa shape index (κ2) is 5.99. The van der Waals surface area contributed by atoms with E-state index in [-0.39, 0.29) is 11.8 Å². The van der Waals surface area contributed by atoms with Crippen LogP contribution in [0, 0.1) is 12.3 Å². The van der Waals surface area contributed by atoms with Gasteiger partial charge in [-0.2, -0.15) is 0 Å². The molecule has 1 fully saturated rings. The zero-order chi connectivity index (χ0) is 15.5. The van der Waals surface area contributed by atoms with Gasteiger partial charge in [0, 0.05) is 6.54 Å². The summed E-state index contributed by atoms with van der Waals surface area (Å²) in [6.07, 6.45) is 2.72. The highest BCUT2D eigenvalue weighted by molar-refractivity contribution is 6.13. The Morgan fingerprint density at radius 3 is 2.67 bits per heavy atom. The molecule has 1 aliphatic rings. The summed E-state index contributed by atoms with van der Waals surface area (Å²) >= 11 is 0. The van der Waals surface area contributed by atoms with E-state index >= 15 is 0 Å². The van der Waals surface area contributed by atoms with E-state index < -0.39 is 5.41 Å². The van der Waals surface area contributed by atoms with E-state index in [0.29, 0.717) is 30.8 Å². The lowest BCUT2D eigenvalue weighted by molar-refractivity contribution is -0.134. The topological polar surface area (TPSA) is 67.4 Å². The van der Waals surface area contributed by atoms with Crippen LogP contribution in [0.1, 0.15) is 18.4 Å². The number of anilines is 1. The summed E-state index contributed by atoms with van der Waals surface area (Å²) < 4.78 is 5.23. The molecule has 2 amide bonds. The van der Waals surface area contributed by atoms with Gasteiger partial charge in [-0.3, -0.25) is 9.59 Å². The molecule has 0 unspecified atom stereocenters. The molecule has 21 heavy (non-hydrogen) atoms. The Labute approximate surface area is 124 Å². The molecule has 2 N–H and O–H groups in total. The third kappa shape index (κ3) is 3.07. The normalized spacial score (nSPS) is 15.0. The second-order valence-corrected chi connectivity index (χ2v) is 5.24. The first-order valence-corrected chi connectivity index (χ1v) is 6.89. The Kier molecular flexibility index (Phi) is 4.31. The summed E-state index contributed by atoms with van der Waals surface area (Å²) in [4.78, 5) is 24.5. The van der Waals surface area contributed by atoms with Crippen LogP contribution in [0.2, 0.25) is 0 Å². The minimum atomic E-state index is -0.947. The highest BCUT2D eigenvalue weighted by Gasteiger charge is 2.56. The number of amides is 2. The largest absolute Gasteiger partial charge is 0.495 e. The Bertz CT molecular complexity index is 577. The monoisotopic (exact) mass is 288 g/mol. The van der Waals surface area contributed by atoms with Crippen molar-refractivity contribution in [2.45, 2.75) is 19.8 Å². The zero-order valence-electron chi connectivity index (χ0n) is 12.4. The van der Waals surface area contributed by atoms with Crippen molar-refractivity contribution in [1.82, 2.24) is 5.32 Å². The van der Waals surface area contributed by atoms with Crippen LogP contribution in [0.5, 0.6) is 5.75 Å². The summed E-state index contributed by atoms with van der Waals surface area (Å²) in [5.74, 6) is 0.0516. The lowest BCUT2D eigenvalue weighted by Crippen LogP contribution is -2.40. The number of nitrogens with one attached hydrogen (secondary N) is 2. The third-order valence-corrected chi connectivity index (χ3v) is 3.63. The average molecular weight is 288 g/mol. The molecule has 112 valence electrons. The number of rotatable bonds is 6. The number of methoxy groups -OCH3 is 1. The van der Waals surface area contributed by atoms with E-state index in [1.807, 2.05) is 19.1 Å². The second-order valence-electron chi connectivity index (χ2n) is 5.24. The van der Waals surface area contributed by atoms with E-state index in [9.17, 15) is 9.59 Å². The number of aryl methyl sites for hydroxylation is 1. The van der Waals surface area contributed by atoms with Gasteiger partial charge in [0.25, 0.3) is 0 Å². The average Bonchev–Trinajstić information content (AvgIpc) is 3.26. The van der Waals surface area contributed by atoms with Crippen LogP contribution < -0.4 is 15.4 Å². The molecule has 0 bridgehead atoms. The van der Waals surface area contributed by atoms with Crippen LogP contribution in [0.25, 0.3) is 0 Å². The molecule has 0 radical (unpaired) electrons. The van der Waals surface area contributed by atoms with Gasteiger partial charge in [-0.05, 0) is 37.5 Å². The van der Waals surface area contributed by atoms with Crippen LogP contribution >= 0.6 is 0 Å². The number of benzene rings is 1. The number of ether oxygens (including phenoxy) is 1. The van der Waals surface area contributed by atoms with Crippen LogP contribution in [0.3, 0.4) is 0 Å². The van der Waals surface area contributed by atoms with Crippen LogP contribution in [-0.4, -0.2) is 25.5 Å². The van der Waals surface area contributed by atoms with E-state index in [4.69, 9.17) is 4.74 Å². The molecule has 1 saturated carbocycles. The Hall–Kier alpha value is -2.30. The van der Waals surface area contributed by atoms with Gasteiger partial charge in [0.2, 0.25) is 11.8 Å². The van der Waals surface area contributed by atoms with E-state index in [1.165, 1.54) is 0 Å². The molecule has 0 saturated heterocycles. The van der Waals surface area contributed by atoms with Gasteiger partial charge in [-0.15, -0.1) is 6.58 Å². The molecule has 1 aromatic carbocycles. The fourth-order valence-corrected chi connectivity index (χ4v) is 2.18. The number of hydrogen-bond acceptors (Lipinski definition) is 3. The van der Waals surface area contributed by atoms with Crippen molar-refractivity contribution in [3.05, 3.63) is 36.4 Å². The van der Waals surface area contributed by atoms with Crippen molar-refractivity contribution >= 4 is 17.5 Å². The standard InChI is InChI=1S/C16H20N2O3/c1-4-9-17-14(19)16(7-8-16)15(20)18-12-10-11(2)5-6-13(12)21-3/h4-6,10H,1,7-9H2,2-3H3,(H,17,19)(H,18,20). The maximum absolute atomic E-state index is 12.4. The van der Waals surface area contributed by atoms with Crippen molar-refractivity contribution in [3.8, 4) is 5.75 Å². The number of carbonyl (C=O) groups excluding carboxylic acids is 2. The van der Waals surface area contributed by atoms with Gasteiger partial charge >= 0.3 is 0 Å². The summed E-state index contributed by atoms with van der Waals surface area (Å²) in [6, 6.07) is 5.52. The maximum atomic E-state index is 12.4. The molecular formula is C16H20N2O3. The number of carbonyl (C=O) groups is 2. The molecule has 0 aliphatic heterocycles. The predicted octanol–water partition coefficient (Wildman–Crippen LogP) is 2.02. The van der Waals surface area contributed by atoms with Gasteiger partial charge in [0.15, 0.2) is 0 Å². The molecular weight excluding hydrogens is 268 g/mol. The molecule has 0 spiro atoms. The van der Waals surface area contributed by atoms with Crippen molar-refractivity contribution < 1.29 is 14.3 Å². The van der Waals surface area contributed by atoms with Gasteiger partial charge in [0.05, 0.1) is 12.8 Å². The fraction of sp³-hybridized carbons (Fsp3) is 0.375. The summed E-state index contributed by atoms with van der Waals surface area (Å²) in [6.45, 7) is 5.84.